The highest BCUT2D eigenvalue weighted by atomic mass is 16.6. The number of nitro groups is 1. The number of hydrogen-bond acceptors (Lipinski definition) is 4. The first kappa shape index (κ1) is 15.8. The minimum atomic E-state index is -1.06. The van der Waals surface area contributed by atoms with Gasteiger partial charge in [0.05, 0.1) is 6.04 Å². The van der Waals surface area contributed by atoms with Gasteiger partial charge in [0, 0.05) is 35.8 Å². The molecule has 2 saturated heterocycles. The lowest BCUT2D eigenvalue weighted by Gasteiger charge is -2.69. The maximum atomic E-state index is 12.6. The molecule has 0 aromatic heterocycles. The summed E-state index contributed by atoms with van der Waals surface area (Å²) in [5.41, 5.74) is 4.09. The minimum Gasteiger partial charge on any atom is -0.289 e. The topological polar surface area (TPSA) is 49.6 Å². The maximum Gasteiger partial charge on any atom is 0.254 e. The van der Waals surface area contributed by atoms with Crippen LogP contribution in [0.15, 0.2) is 48.5 Å². The van der Waals surface area contributed by atoms with Crippen LogP contribution in [0, 0.1) is 10.1 Å². The lowest BCUT2D eigenvalue weighted by Crippen LogP contribution is -2.78. The molecule has 1 aliphatic carbocycles. The van der Waals surface area contributed by atoms with Crippen molar-refractivity contribution in [2.24, 2.45) is 0 Å². The first-order chi connectivity index (χ1) is 13.0. The van der Waals surface area contributed by atoms with Crippen LogP contribution in [-0.4, -0.2) is 46.4 Å². The van der Waals surface area contributed by atoms with Crippen molar-refractivity contribution >= 4 is 0 Å². The van der Waals surface area contributed by atoms with E-state index in [1.807, 2.05) is 13.0 Å². The molecule has 27 heavy (non-hydrogen) atoms. The van der Waals surface area contributed by atoms with Crippen molar-refractivity contribution in [1.82, 2.24) is 9.80 Å². The molecule has 0 N–H and O–H groups in total. The normalized spacial score (nSPS) is 41.3. The van der Waals surface area contributed by atoms with Gasteiger partial charge in [-0.3, -0.25) is 19.9 Å². The Morgan fingerprint density at radius 1 is 0.889 bits per heavy atom. The van der Waals surface area contributed by atoms with Crippen LogP contribution in [0.5, 0.6) is 0 Å². The molecule has 4 heterocycles. The summed E-state index contributed by atoms with van der Waals surface area (Å²) in [5, 5.41) is 12.6. The second kappa shape index (κ2) is 4.78. The van der Waals surface area contributed by atoms with E-state index in [9.17, 15) is 10.1 Å². The van der Waals surface area contributed by atoms with Crippen LogP contribution in [0.1, 0.15) is 53.1 Å². The summed E-state index contributed by atoms with van der Waals surface area (Å²) in [5.74, 6) is 0.520. The smallest absolute Gasteiger partial charge is 0.254 e. The van der Waals surface area contributed by atoms with Gasteiger partial charge in [-0.05, 0) is 36.3 Å². The molecule has 4 unspecified atom stereocenters. The number of fused-ring (bicyclic) bond motifs is 3. The predicted molar refractivity (Wildman–Crippen MR) is 102 cm³/mol. The van der Waals surface area contributed by atoms with Crippen LogP contribution < -0.4 is 0 Å². The van der Waals surface area contributed by atoms with Crippen molar-refractivity contribution in [2.45, 2.75) is 48.5 Å². The van der Waals surface area contributed by atoms with Gasteiger partial charge in [0.1, 0.15) is 6.04 Å². The fourth-order valence-electron chi connectivity index (χ4n) is 7.32. The van der Waals surface area contributed by atoms with Gasteiger partial charge in [0.25, 0.3) is 5.54 Å². The number of likely N-dealkylation sites (N-methyl/N-ethyl adjacent to an activating group) is 2. The van der Waals surface area contributed by atoms with Gasteiger partial charge < -0.3 is 0 Å². The zero-order chi connectivity index (χ0) is 18.7. The van der Waals surface area contributed by atoms with E-state index in [4.69, 9.17) is 0 Å². The monoisotopic (exact) mass is 361 g/mol. The third-order valence-corrected chi connectivity index (χ3v) is 8.04. The summed E-state index contributed by atoms with van der Waals surface area (Å²) in [7, 11) is 4.22. The van der Waals surface area contributed by atoms with Crippen LogP contribution >= 0.6 is 0 Å². The van der Waals surface area contributed by atoms with Crippen molar-refractivity contribution < 1.29 is 4.92 Å². The lowest BCUT2D eigenvalue weighted by molar-refractivity contribution is -0.594. The maximum absolute atomic E-state index is 12.6. The Kier molecular flexibility index (Phi) is 2.79. The molecule has 4 aliphatic heterocycles. The van der Waals surface area contributed by atoms with Crippen LogP contribution in [0.4, 0.5) is 0 Å². The van der Waals surface area contributed by atoms with Crippen molar-refractivity contribution in [3.8, 4) is 0 Å². The van der Waals surface area contributed by atoms with Gasteiger partial charge in [-0.25, -0.2) is 0 Å². The van der Waals surface area contributed by atoms with E-state index in [0.29, 0.717) is 12.0 Å². The lowest BCUT2D eigenvalue weighted by atomic mass is 9.50. The first-order valence-corrected chi connectivity index (χ1v) is 9.74. The van der Waals surface area contributed by atoms with Crippen molar-refractivity contribution in [1.29, 1.82) is 0 Å². The van der Waals surface area contributed by atoms with Gasteiger partial charge in [-0.1, -0.05) is 48.5 Å². The van der Waals surface area contributed by atoms with E-state index in [0.717, 1.165) is 5.56 Å². The van der Waals surface area contributed by atoms with E-state index >= 15 is 0 Å². The summed E-state index contributed by atoms with van der Waals surface area (Å²) in [6, 6.07) is 17.3. The van der Waals surface area contributed by atoms with E-state index in [2.05, 4.69) is 66.4 Å². The van der Waals surface area contributed by atoms with E-state index in [1.54, 1.807) is 0 Å². The second-order valence-corrected chi connectivity index (χ2v) is 8.91. The standard InChI is InChI=1S/C22H23N3O2/c1-22(25(26)27)20-15-11-7-5-9-13(15)16-18-14-10-6-4-8-12(14)17(19(16)24(20)3)21(22)23(18)2/h4-11,16-21H,1-3H3/t16-,17?,18?,19-,20-,21?,22?/m1/s1. The molecular weight excluding hydrogens is 338 g/mol. The fraction of sp³-hybridized carbons (Fsp3) is 0.455. The summed E-state index contributed by atoms with van der Waals surface area (Å²) >= 11 is 0. The van der Waals surface area contributed by atoms with Gasteiger partial charge in [0.2, 0.25) is 0 Å². The Morgan fingerprint density at radius 3 is 2.07 bits per heavy atom. The molecule has 2 aromatic rings. The molecule has 5 bridgehead atoms. The zero-order valence-corrected chi connectivity index (χ0v) is 15.7. The molecule has 2 fully saturated rings. The summed E-state index contributed by atoms with van der Waals surface area (Å²) < 4.78 is 0. The summed E-state index contributed by atoms with van der Waals surface area (Å²) in [4.78, 5) is 17.3. The average molecular weight is 361 g/mol. The van der Waals surface area contributed by atoms with Crippen LogP contribution in [0.2, 0.25) is 0 Å². The minimum absolute atomic E-state index is 0.00593. The SMILES string of the molecule is CN1C2c3ccccc3C3C1C(C)([N+](=O)[O-])[C@H]1c4ccccc4[C@H]2[C@H]3N1C. The second-order valence-electron chi connectivity index (χ2n) is 8.91. The van der Waals surface area contributed by atoms with Crippen LogP contribution in [0.3, 0.4) is 0 Å². The van der Waals surface area contributed by atoms with Gasteiger partial charge in [-0.15, -0.1) is 0 Å². The number of hydrogen-bond donors (Lipinski definition) is 0. The number of nitrogens with zero attached hydrogens (tertiary/aromatic N) is 3. The molecule has 0 spiro atoms. The number of piperidine rings is 2. The first-order valence-electron chi connectivity index (χ1n) is 9.74. The Labute approximate surface area is 158 Å². The highest BCUT2D eigenvalue weighted by molar-refractivity contribution is 5.54. The largest absolute Gasteiger partial charge is 0.289 e. The molecule has 138 valence electrons. The van der Waals surface area contributed by atoms with Crippen LogP contribution in [0.25, 0.3) is 0 Å². The molecule has 0 saturated carbocycles. The highest BCUT2D eigenvalue weighted by Crippen LogP contribution is 2.68. The zero-order valence-electron chi connectivity index (χ0n) is 15.7. The Bertz CT molecular complexity index is 991. The number of benzene rings is 2. The predicted octanol–water partition coefficient (Wildman–Crippen LogP) is 3.33. The summed E-state index contributed by atoms with van der Waals surface area (Å²) in [6.07, 6.45) is 0. The molecule has 5 nitrogen and oxygen atoms in total. The molecule has 5 heteroatoms. The Balaban J connectivity index is 1.76. The Morgan fingerprint density at radius 2 is 1.44 bits per heavy atom. The van der Waals surface area contributed by atoms with Crippen molar-refractivity contribution in [3.05, 3.63) is 80.9 Å². The quantitative estimate of drug-likeness (QED) is 0.577. The van der Waals surface area contributed by atoms with Crippen molar-refractivity contribution in [2.75, 3.05) is 14.1 Å². The molecule has 0 radical (unpaired) electrons. The molecule has 0 amide bonds. The van der Waals surface area contributed by atoms with Gasteiger partial charge in [-0.2, -0.15) is 0 Å². The van der Waals surface area contributed by atoms with Gasteiger partial charge >= 0.3 is 0 Å². The summed E-state index contributed by atoms with van der Waals surface area (Å²) in [6.45, 7) is 1.88. The van der Waals surface area contributed by atoms with Crippen molar-refractivity contribution in [3.63, 3.8) is 0 Å². The molecule has 7 rings (SSSR count). The molecule has 5 aliphatic rings. The Hall–Kier alpha value is -2.24. The third-order valence-electron chi connectivity index (χ3n) is 8.04. The average Bonchev–Trinajstić information content (AvgIpc) is 2.66. The highest BCUT2D eigenvalue weighted by Gasteiger charge is 2.74. The van der Waals surface area contributed by atoms with Crippen LogP contribution in [-0.2, 0) is 0 Å². The third kappa shape index (κ3) is 1.53. The number of rotatable bonds is 1. The fourth-order valence-corrected chi connectivity index (χ4v) is 7.32. The van der Waals surface area contributed by atoms with E-state index in [-0.39, 0.29) is 29.0 Å². The van der Waals surface area contributed by atoms with E-state index in [1.165, 1.54) is 16.7 Å². The van der Waals surface area contributed by atoms with E-state index < -0.39 is 5.54 Å². The molecule has 7 atom stereocenters. The van der Waals surface area contributed by atoms with Gasteiger partial charge in [0.15, 0.2) is 0 Å². The molecular formula is C22H23N3O2. The molecule has 2 aromatic carbocycles.